The second kappa shape index (κ2) is 6.40. The SMILES string of the molecule is Cc1n(N)cc[n+]1N.O=S(=O)([N-]S(=O)(=O)C(F)(F)F)C(F)(F)F. The van der Waals surface area contributed by atoms with Gasteiger partial charge in [0.2, 0.25) is 0 Å². The summed E-state index contributed by atoms with van der Waals surface area (Å²) in [7, 11) is -13.4. The maximum atomic E-state index is 11.4. The Kier molecular flexibility index (Phi) is 5.91. The summed E-state index contributed by atoms with van der Waals surface area (Å²) >= 11 is 0. The highest BCUT2D eigenvalue weighted by Gasteiger charge is 2.46. The van der Waals surface area contributed by atoms with Crippen molar-refractivity contribution in [1.82, 2.24) is 4.68 Å². The molecule has 0 unspecified atom stereocenters. The maximum Gasteiger partial charge on any atom is 0.480 e. The fourth-order valence-corrected chi connectivity index (χ4v) is 2.42. The van der Waals surface area contributed by atoms with Gasteiger partial charge in [-0.05, 0) is 0 Å². The van der Waals surface area contributed by atoms with Crippen LogP contribution < -0.4 is 16.4 Å². The van der Waals surface area contributed by atoms with E-state index >= 15 is 0 Å². The number of hydrogen-bond donors (Lipinski definition) is 2. The number of hydrogen-bond acceptors (Lipinski definition) is 6. The van der Waals surface area contributed by atoms with Crippen molar-refractivity contribution in [3.05, 3.63) is 22.3 Å². The molecule has 9 nitrogen and oxygen atoms in total. The molecule has 0 fully saturated rings. The van der Waals surface area contributed by atoms with Crippen molar-refractivity contribution in [2.45, 2.75) is 17.9 Å². The molecule has 0 aliphatic heterocycles. The van der Waals surface area contributed by atoms with Crippen LogP contribution in [0.25, 0.3) is 4.13 Å². The van der Waals surface area contributed by atoms with Gasteiger partial charge in [-0.3, -0.25) is 11.7 Å². The van der Waals surface area contributed by atoms with E-state index in [1.807, 2.05) is 6.92 Å². The number of halogens is 6. The minimum absolute atomic E-state index is 0.778. The molecule has 1 aromatic heterocycles. The van der Waals surface area contributed by atoms with Crippen LogP contribution in [0.15, 0.2) is 12.4 Å². The van der Waals surface area contributed by atoms with Gasteiger partial charge >= 0.3 is 11.0 Å². The van der Waals surface area contributed by atoms with Gasteiger partial charge in [-0.25, -0.2) is 16.8 Å². The second-order valence-corrected chi connectivity index (χ2v) is 7.00. The molecule has 1 rings (SSSR count). The number of imidazole rings is 1. The predicted octanol–water partition coefficient (Wildman–Crippen LogP) is -0.429. The van der Waals surface area contributed by atoms with Crippen LogP contribution in [0.4, 0.5) is 26.3 Å². The lowest BCUT2D eigenvalue weighted by Gasteiger charge is -2.22. The van der Waals surface area contributed by atoms with Gasteiger partial charge in [-0.1, -0.05) is 0 Å². The first kappa shape index (κ1) is 21.2. The summed E-state index contributed by atoms with van der Waals surface area (Å²) in [6.45, 7) is 1.83. The molecule has 0 aliphatic carbocycles. The van der Waals surface area contributed by atoms with Gasteiger partial charge in [0.25, 0.3) is 5.82 Å². The van der Waals surface area contributed by atoms with Crippen LogP contribution in [0.3, 0.4) is 0 Å². The molecule has 0 spiro atoms. The number of nitrogens with zero attached hydrogens (tertiary/aromatic N) is 3. The van der Waals surface area contributed by atoms with E-state index in [2.05, 4.69) is 0 Å². The highest BCUT2D eigenvalue weighted by Crippen LogP contribution is 2.36. The molecule has 0 amide bonds. The number of nitrogen functional groups attached to an aromatic ring is 2. The number of alkyl halides is 6. The van der Waals surface area contributed by atoms with E-state index < -0.39 is 31.1 Å². The Labute approximate surface area is 125 Å². The Hall–Kier alpha value is -1.75. The molecule has 0 radical (unpaired) electrons. The zero-order chi connectivity index (χ0) is 18.9. The Morgan fingerprint density at radius 1 is 1.04 bits per heavy atom. The molecule has 17 heteroatoms. The van der Waals surface area contributed by atoms with Crippen molar-refractivity contribution in [3.8, 4) is 0 Å². The Morgan fingerprint density at radius 2 is 1.39 bits per heavy atom. The lowest BCUT2D eigenvalue weighted by Crippen LogP contribution is -2.46. The number of aromatic nitrogens is 2. The Bertz CT molecular complexity index is 688. The summed E-state index contributed by atoms with van der Waals surface area (Å²) in [5.41, 5.74) is -12.4. The maximum absolute atomic E-state index is 11.4. The first-order valence-corrected chi connectivity index (χ1v) is 7.77. The third-order valence-electron chi connectivity index (χ3n) is 1.92. The van der Waals surface area contributed by atoms with E-state index in [-0.39, 0.29) is 0 Å². The number of nitrogens with two attached hydrogens (primary N) is 2. The van der Waals surface area contributed by atoms with Crippen LogP contribution in [0.1, 0.15) is 5.82 Å². The van der Waals surface area contributed by atoms with Gasteiger partial charge < -0.3 is 4.13 Å². The fraction of sp³-hybridized carbons (Fsp3) is 0.500. The molecule has 1 aromatic rings. The van der Waals surface area contributed by atoms with E-state index in [1.165, 1.54) is 9.35 Å². The summed E-state index contributed by atoms with van der Waals surface area (Å²) in [4.78, 5) is 0. The monoisotopic (exact) mass is 393 g/mol. The van der Waals surface area contributed by atoms with Gasteiger partial charge in [0.15, 0.2) is 32.4 Å². The minimum Gasteiger partial charge on any atom is -0.421 e. The van der Waals surface area contributed by atoms with Crippen LogP contribution in [0.2, 0.25) is 0 Å². The largest absolute Gasteiger partial charge is 0.480 e. The van der Waals surface area contributed by atoms with Gasteiger partial charge in [0, 0.05) is 6.92 Å². The number of sulfonamides is 2. The highest BCUT2D eigenvalue weighted by atomic mass is 32.3. The van der Waals surface area contributed by atoms with Crippen LogP contribution in [-0.2, 0) is 20.0 Å². The van der Waals surface area contributed by atoms with Crippen molar-refractivity contribution in [2.24, 2.45) is 0 Å². The van der Waals surface area contributed by atoms with Gasteiger partial charge in [-0.2, -0.15) is 26.3 Å². The standard InChI is InChI=1S/C4H9N4.C2F6NO4S2/c1-4-7(5)2-3-8(4)6;3-1(4,5)14(10,11)9-15(12,13)2(6,7)8/h2-3H,5-6H2,1H3;/q+1;-1. The average Bonchev–Trinajstić information content (AvgIpc) is 2.57. The Balaban J connectivity index is 0.000000502. The highest BCUT2D eigenvalue weighted by molar-refractivity contribution is 8.13. The molecule has 136 valence electrons. The molecule has 0 saturated carbocycles. The molecule has 4 N–H and O–H groups in total. The smallest absolute Gasteiger partial charge is 0.421 e. The summed E-state index contributed by atoms with van der Waals surface area (Å²) in [5.74, 6) is 11.5. The van der Waals surface area contributed by atoms with Gasteiger partial charge in [-0.15, -0.1) is 9.35 Å². The van der Waals surface area contributed by atoms with Crippen LogP contribution in [-0.4, -0.2) is 32.5 Å². The van der Waals surface area contributed by atoms with Crippen LogP contribution >= 0.6 is 0 Å². The molecule has 0 aliphatic rings. The second-order valence-electron chi connectivity index (χ2n) is 3.58. The van der Waals surface area contributed by atoms with E-state index in [1.54, 1.807) is 12.4 Å². The molecular weight excluding hydrogens is 384 g/mol. The molecular formula is C6H9F6N5O4S2. The minimum atomic E-state index is -6.72. The third-order valence-corrected chi connectivity index (χ3v) is 4.66. The van der Waals surface area contributed by atoms with E-state index in [9.17, 15) is 43.2 Å². The molecule has 0 bridgehead atoms. The summed E-state index contributed by atoms with van der Waals surface area (Å²) in [6, 6.07) is 0. The van der Waals surface area contributed by atoms with Crippen molar-refractivity contribution in [2.75, 3.05) is 11.7 Å². The van der Waals surface area contributed by atoms with Gasteiger partial charge in [0.1, 0.15) is 0 Å². The summed E-state index contributed by atoms with van der Waals surface area (Å²) in [6.07, 6.45) is 3.38. The van der Waals surface area contributed by atoms with Crippen molar-refractivity contribution in [1.29, 1.82) is 0 Å². The molecule has 0 atom stereocenters. The van der Waals surface area contributed by atoms with Crippen molar-refractivity contribution >= 4 is 20.0 Å². The van der Waals surface area contributed by atoms with Crippen molar-refractivity contribution in [3.63, 3.8) is 0 Å². The van der Waals surface area contributed by atoms with E-state index in [4.69, 9.17) is 11.7 Å². The number of rotatable bonds is 2. The summed E-state index contributed by atoms with van der Waals surface area (Å²) < 4.78 is 112. The molecule has 23 heavy (non-hydrogen) atoms. The van der Waals surface area contributed by atoms with Gasteiger partial charge in [0.05, 0.1) is 0 Å². The van der Waals surface area contributed by atoms with Crippen LogP contribution in [0.5, 0.6) is 0 Å². The topological polar surface area (TPSA) is 143 Å². The normalized spacial score (nSPS) is 13.3. The molecule has 0 saturated heterocycles. The zero-order valence-corrected chi connectivity index (χ0v) is 12.5. The van der Waals surface area contributed by atoms with E-state index in [0.717, 1.165) is 9.95 Å². The lowest BCUT2D eigenvalue weighted by molar-refractivity contribution is -0.644. The fourth-order valence-electron chi connectivity index (χ4n) is 0.706. The van der Waals surface area contributed by atoms with Crippen molar-refractivity contribution < 1.29 is 47.9 Å². The summed E-state index contributed by atoms with van der Waals surface area (Å²) in [5, 5.41) is 0. The molecule has 0 aromatic carbocycles. The predicted molar refractivity (Wildman–Crippen MR) is 63.0 cm³/mol. The van der Waals surface area contributed by atoms with E-state index in [0.29, 0.717) is 0 Å². The quantitative estimate of drug-likeness (QED) is 0.397. The zero-order valence-electron chi connectivity index (χ0n) is 10.9. The first-order chi connectivity index (χ1) is 9.92. The molecule has 1 heterocycles. The average molecular weight is 393 g/mol. The first-order valence-electron chi connectivity index (χ1n) is 4.89. The Morgan fingerprint density at radius 3 is 1.52 bits per heavy atom. The third kappa shape index (κ3) is 5.43. The van der Waals surface area contributed by atoms with Crippen LogP contribution in [0, 0.1) is 6.92 Å². The lowest BCUT2D eigenvalue weighted by atomic mass is 10.7.